The van der Waals surface area contributed by atoms with E-state index in [1.54, 1.807) is 0 Å². The summed E-state index contributed by atoms with van der Waals surface area (Å²) >= 11 is 0. The lowest BCUT2D eigenvalue weighted by Gasteiger charge is -2.32. The van der Waals surface area contributed by atoms with E-state index in [4.69, 9.17) is 4.74 Å². The molecule has 1 N–H and O–H groups in total. The van der Waals surface area contributed by atoms with E-state index in [0.717, 1.165) is 45.2 Å². The summed E-state index contributed by atoms with van der Waals surface area (Å²) in [6.07, 6.45) is 9.15. The zero-order chi connectivity index (χ0) is 13.9. The maximum absolute atomic E-state index is 12.9. The molecule has 0 spiro atoms. The standard InChI is InChI=1S/C16H28N2O2/c1-2-15(20-14-5-3-4-6-14)16(19)18-12-7-8-13(18)11-17-10-9-12/h12-15,17H,2-11H2,1H3. The molecule has 4 nitrogen and oxygen atoms in total. The van der Waals surface area contributed by atoms with Crippen molar-refractivity contribution >= 4 is 5.91 Å². The van der Waals surface area contributed by atoms with Gasteiger partial charge < -0.3 is 15.0 Å². The van der Waals surface area contributed by atoms with Gasteiger partial charge in [0.2, 0.25) is 0 Å². The number of carbonyl (C=O) groups excluding carboxylic acids is 1. The lowest BCUT2D eigenvalue weighted by atomic mass is 10.1. The summed E-state index contributed by atoms with van der Waals surface area (Å²) in [5.41, 5.74) is 0. The van der Waals surface area contributed by atoms with Crippen LogP contribution in [0.2, 0.25) is 0 Å². The highest BCUT2D eigenvalue weighted by Gasteiger charge is 2.40. The van der Waals surface area contributed by atoms with Crippen LogP contribution in [0.5, 0.6) is 0 Å². The van der Waals surface area contributed by atoms with E-state index in [1.807, 2.05) is 0 Å². The van der Waals surface area contributed by atoms with Crippen LogP contribution in [0.15, 0.2) is 0 Å². The molecule has 0 radical (unpaired) electrons. The fourth-order valence-electron chi connectivity index (χ4n) is 4.09. The molecule has 3 unspecified atom stereocenters. The van der Waals surface area contributed by atoms with Gasteiger partial charge in [-0.1, -0.05) is 19.8 Å². The third-order valence-electron chi connectivity index (χ3n) is 5.21. The van der Waals surface area contributed by atoms with E-state index < -0.39 is 0 Å². The van der Waals surface area contributed by atoms with Gasteiger partial charge in [0.25, 0.3) is 5.91 Å². The van der Waals surface area contributed by atoms with Crippen molar-refractivity contribution < 1.29 is 9.53 Å². The van der Waals surface area contributed by atoms with Gasteiger partial charge in [-0.3, -0.25) is 4.79 Å². The van der Waals surface area contributed by atoms with Crippen molar-refractivity contribution in [1.29, 1.82) is 0 Å². The number of amides is 1. The number of carbonyl (C=O) groups is 1. The van der Waals surface area contributed by atoms with E-state index in [0.29, 0.717) is 18.2 Å². The molecule has 3 aliphatic rings. The first-order valence-corrected chi connectivity index (χ1v) is 8.48. The molecule has 2 bridgehead atoms. The van der Waals surface area contributed by atoms with Crippen molar-refractivity contribution in [2.75, 3.05) is 13.1 Å². The summed E-state index contributed by atoms with van der Waals surface area (Å²) < 4.78 is 6.13. The zero-order valence-corrected chi connectivity index (χ0v) is 12.6. The molecule has 2 saturated heterocycles. The second-order valence-electron chi connectivity index (χ2n) is 6.56. The van der Waals surface area contributed by atoms with Gasteiger partial charge in [0.1, 0.15) is 6.10 Å². The van der Waals surface area contributed by atoms with Crippen LogP contribution in [0.4, 0.5) is 0 Å². The van der Waals surface area contributed by atoms with Gasteiger partial charge in [-0.2, -0.15) is 0 Å². The van der Waals surface area contributed by atoms with Crippen molar-refractivity contribution in [3.8, 4) is 0 Å². The first kappa shape index (κ1) is 14.3. The fourth-order valence-corrected chi connectivity index (χ4v) is 4.09. The van der Waals surface area contributed by atoms with Crippen molar-refractivity contribution in [2.45, 2.75) is 82.6 Å². The highest BCUT2D eigenvalue weighted by Crippen LogP contribution is 2.30. The highest BCUT2D eigenvalue weighted by atomic mass is 16.5. The fraction of sp³-hybridized carbons (Fsp3) is 0.938. The Morgan fingerprint density at radius 3 is 2.70 bits per heavy atom. The molecular weight excluding hydrogens is 252 g/mol. The number of nitrogens with one attached hydrogen (secondary N) is 1. The van der Waals surface area contributed by atoms with Gasteiger partial charge in [-0.05, 0) is 45.1 Å². The number of nitrogens with zero attached hydrogens (tertiary/aromatic N) is 1. The van der Waals surface area contributed by atoms with Gasteiger partial charge in [0, 0.05) is 18.6 Å². The first-order chi connectivity index (χ1) is 9.79. The number of rotatable bonds is 4. The predicted octanol–water partition coefficient (Wildman–Crippen LogP) is 2.08. The molecule has 1 aliphatic carbocycles. The minimum atomic E-state index is -0.209. The summed E-state index contributed by atoms with van der Waals surface area (Å²) in [6.45, 7) is 4.09. The second kappa shape index (κ2) is 6.44. The minimum absolute atomic E-state index is 0.209. The highest BCUT2D eigenvalue weighted by molar-refractivity contribution is 5.82. The van der Waals surface area contributed by atoms with Crippen LogP contribution in [0.1, 0.15) is 58.3 Å². The van der Waals surface area contributed by atoms with Gasteiger partial charge in [0.05, 0.1) is 6.10 Å². The van der Waals surface area contributed by atoms with Gasteiger partial charge in [-0.25, -0.2) is 0 Å². The number of fused-ring (bicyclic) bond motifs is 2. The predicted molar refractivity (Wildman–Crippen MR) is 78.6 cm³/mol. The normalized spacial score (nSPS) is 32.4. The molecule has 3 rings (SSSR count). The molecule has 0 aromatic heterocycles. The summed E-state index contributed by atoms with van der Waals surface area (Å²) in [4.78, 5) is 15.1. The zero-order valence-electron chi connectivity index (χ0n) is 12.6. The smallest absolute Gasteiger partial charge is 0.252 e. The molecule has 20 heavy (non-hydrogen) atoms. The summed E-state index contributed by atoms with van der Waals surface area (Å²) in [5.74, 6) is 0.260. The molecule has 0 aromatic rings. The molecule has 2 aliphatic heterocycles. The average Bonchev–Trinajstić information content (AvgIpc) is 3.02. The SMILES string of the molecule is CCC(OC1CCCC1)C(=O)N1C2CCNCC1CC2. The topological polar surface area (TPSA) is 41.6 Å². The number of hydrogen-bond acceptors (Lipinski definition) is 3. The lowest BCUT2D eigenvalue weighted by molar-refractivity contribution is -0.150. The Hall–Kier alpha value is -0.610. The Bertz CT molecular complexity index is 327. The van der Waals surface area contributed by atoms with Crippen LogP contribution in [0, 0.1) is 0 Å². The van der Waals surface area contributed by atoms with Crippen molar-refractivity contribution in [2.24, 2.45) is 0 Å². The van der Waals surface area contributed by atoms with Gasteiger partial charge in [0.15, 0.2) is 0 Å². The summed E-state index contributed by atoms with van der Waals surface area (Å²) in [5, 5.41) is 3.46. The lowest BCUT2D eigenvalue weighted by Crippen LogP contribution is -2.48. The first-order valence-electron chi connectivity index (χ1n) is 8.48. The Morgan fingerprint density at radius 2 is 1.95 bits per heavy atom. The molecule has 114 valence electrons. The largest absolute Gasteiger partial charge is 0.365 e. The van der Waals surface area contributed by atoms with Crippen molar-refractivity contribution in [3.05, 3.63) is 0 Å². The van der Waals surface area contributed by atoms with E-state index >= 15 is 0 Å². The summed E-state index contributed by atoms with van der Waals surface area (Å²) in [6, 6.07) is 0.847. The Labute approximate surface area is 122 Å². The molecular formula is C16H28N2O2. The monoisotopic (exact) mass is 280 g/mol. The Balaban J connectivity index is 1.65. The molecule has 1 saturated carbocycles. The van der Waals surface area contributed by atoms with Gasteiger partial charge >= 0.3 is 0 Å². The third-order valence-corrected chi connectivity index (χ3v) is 5.21. The van der Waals surface area contributed by atoms with Crippen molar-refractivity contribution in [1.82, 2.24) is 10.2 Å². The molecule has 4 heteroatoms. The molecule has 1 amide bonds. The molecule has 0 aromatic carbocycles. The van der Waals surface area contributed by atoms with Crippen LogP contribution >= 0.6 is 0 Å². The summed E-state index contributed by atoms with van der Waals surface area (Å²) in [7, 11) is 0. The molecule has 2 heterocycles. The molecule has 3 atom stereocenters. The maximum atomic E-state index is 12.9. The number of hydrogen-bond donors (Lipinski definition) is 1. The Kier molecular flexibility index (Phi) is 4.61. The molecule has 3 fully saturated rings. The van der Waals surface area contributed by atoms with E-state index in [1.165, 1.54) is 19.3 Å². The van der Waals surface area contributed by atoms with E-state index in [2.05, 4.69) is 17.1 Å². The van der Waals surface area contributed by atoms with Crippen LogP contribution in [-0.2, 0) is 9.53 Å². The maximum Gasteiger partial charge on any atom is 0.252 e. The van der Waals surface area contributed by atoms with Crippen LogP contribution in [0.25, 0.3) is 0 Å². The number of ether oxygens (including phenoxy) is 1. The minimum Gasteiger partial charge on any atom is -0.365 e. The van der Waals surface area contributed by atoms with Crippen LogP contribution in [-0.4, -0.2) is 48.2 Å². The third kappa shape index (κ3) is 2.86. The van der Waals surface area contributed by atoms with Gasteiger partial charge in [-0.15, -0.1) is 0 Å². The Morgan fingerprint density at radius 1 is 1.20 bits per heavy atom. The van der Waals surface area contributed by atoms with E-state index in [-0.39, 0.29) is 12.0 Å². The second-order valence-corrected chi connectivity index (χ2v) is 6.56. The average molecular weight is 280 g/mol. The van der Waals surface area contributed by atoms with Crippen molar-refractivity contribution in [3.63, 3.8) is 0 Å². The van der Waals surface area contributed by atoms with Crippen LogP contribution in [0.3, 0.4) is 0 Å². The van der Waals surface area contributed by atoms with E-state index in [9.17, 15) is 4.79 Å². The quantitative estimate of drug-likeness (QED) is 0.857. The van der Waals surface area contributed by atoms with Crippen LogP contribution < -0.4 is 5.32 Å².